The van der Waals surface area contributed by atoms with Gasteiger partial charge in [-0.1, -0.05) is 19.1 Å². The molecule has 1 aliphatic heterocycles. The van der Waals surface area contributed by atoms with Crippen molar-refractivity contribution in [3.63, 3.8) is 0 Å². The Bertz CT molecular complexity index is 516. The first kappa shape index (κ1) is 18.6. The topological polar surface area (TPSA) is 41.6 Å². The Morgan fingerprint density at radius 1 is 1.38 bits per heavy atom. The number of amides is 1. The van der Waals surface area contributed by atoms with Gasteiger partial charge in [0.1, 0.15) is 5.75 Å². The highest BCUT2D eigenvalue weighted by atomic mass is 19.3. The van der Waals surface area contributed by atoms with Gasteiger partial charge in [0.05, 0.1) is 0 Å². The molecule has 2 rings (SSSR count). The zero-order chi connectivity index (χ0) is 17.5. The van der Waals surface area contributed by atoms with Crippen LogP contribution in [0.2, 0.25) is 0 Å². The lowest BCUT2D eigenvalue weighted by Gasteiger charge is -2.29. The quantitative estimate of drug-likeness (QED) is 0.828. The summed E-state index contributed by atoms with van der Waals surface area (Å²) >= 11 is 0. The van der Waals surface area contributed by atoms with Crippen LogP contribution in [0.1, 0.15) is 31.7 Å². The first-order valence-electron chi connectivity index (χ1n) is 8.44. The molecule has 1 fully saturated rings. The molecule has 1 aliphatic rings. The second-order valence-electron chi connectivity index (χ2n) is 6.56. The molecule has 0 aliphatic carbocycles. The molecule has 0 aromatic heterocycles. The third-order valence-corrected chi connectivity index (χ3v) is 4.63. The molecular weight excluding hydrogens is 314 g/mol. The minimum absolute atomic E-state index is 0.112. The molecule has 0 bridgehead atoms. The van der Waals surface area contributed by atoms with Crippen molar-refractivity contribution in [2.24, 2.45) is 11.8 Å². The number of halogens is 2. The van der Waals surface area contributed by atoms with Gasteiger partial charge in [-0.05, 0) is 55.5 Å². The molecule has 2 unspecified atom stereocenters. The van der Waals surface area contributed by atoms with Crippen LogP contribution in [-0.4, -0.2) is 37.6 Å². The SMILES string of the molecule is CC(CC(=O)N(C)Cc1ccc(OC(F)F)cc1)C1CCCNC1. The smallest absolute Gasteiger partial charge is 0.387 e. The van der Waals surface area contributed by atoms with Gasteiger partial charge in [0.25, 0.3) is 0 Å². The van der Waals surface area contributed by atoms with Crippen LogP contribution >= 0.6 is 0 Å². The lowest BCUT2D eigenvalue weighted by Crippen LogP contribution is -2.36. The zero-order valence-electron chi connectivity index (χ0n) is 14.3. The molecule has 4 nitrogen and oxygen atoms in total. The van der Waals surface area contributed by atoms with E-state index in [1.54, 1.807) is 24.1 Å². The van der Waals surface area contributed by atoms with E-state index in [9.17, 15) is 13.6 Å². The summed E-state index contributed by atoms with van der Waals surface area (Å²) in [5.74, 6) is 1.15. The van der Waals surface area contributed by atoms with Gasteiger partial charge < -0.3 is 15.0 Å². The predicted molar refractivity (Wildman–Crippen MR) is 88.9 cm³/mol. The molecule has 6 heteroatoms. The highest BCUT2D eigenvalue weighted by Crippen LogP contribution is 2.23. The van der Waals surface area contributed by atoms with E-state index >= 15 is 0 Å². The number of rotatable bonds is 7. The van der Waals surface area contributed by atoms with Crippen molar-refractivity contribution < 1.29 is 18.3 Å². The summed E-state index contributed by atoms with van der Waals surface area (Å²) in [6, 6.07) is 6.40. The Kier molecular flexibility index (Phi) is 6.97. The fraction of sp³-hybridized carbons (Fsp3) is 0.611. The summed E-state index contributed by atoms with van der Waals surface area (Å²) < 4.78 is 28.6. The summed E-state index contributed by atoms with van der Waals surface area (Å²) in [7, 11) is 1.78. The van der Waals surface area contributed by atoms with Crippen LogP contribution in [0.15, 0.2) is 24.3 Å². The third-order valence-electron chi connectivity index (χ3n) is 4.63. The standard InChI is InChI=1S/C18H26F2N2O2/c1-13(15-4-3-9-21-11-15)10-17(23)22(2)12-14-5-7-16(8-6-14)24-18(19)20/h5-8,13,15,18,21H,3-4,9-12H2,1-2H3. The van der Waals surface area contributed by atoms with Crippen LogP contribution in [0.3, 0.4) is 0 Å². The Balaban J connectivity index is 1.82. The lowest BCUT2D eigenvalue weighted by atomic mass is 9.85. The van der Waals surface area contributed by atoms with Crippen molar-refractivity contribution in [2.75, 3.05) is 20.1 Å². The monoisotopic (exact) mass is 340 g/mol. The van der Waals surface area contributed by atoms with Crippen molar-refractivity contribution in [1.29, 1.82) is 0 Å². The number of nitrogens with zero attached hydrogens (tertiary/aromatic N) is 1. The van der Waals surface area contributed by atoms with Crippen LogP contribution in [0, 0.1) is 11.8 Å². The number of nitrogens with one attached hydrogen (secondary N) is 1. The first-order chi connectivity index (χ1) is 11.5. The molecule has 2 atom stereocenters. The highest BCUT2D eigenvalue weighted by Gasteiger charge is 2.23. The Labute approximate surface area is 142 Å². The van der Waals surface area contributed by atoms with Crippen LogP contribution < -0.4 is 10.1 Å². The summed E-state index contributed by atoms with van der Waals surface area (Å²) in [4.78, 5) is 14.1. The minimum atomic E-state index is -2.82. The van der Waals surface area contributed by atoms with E-state index in [4.69, 9.17) is 0 Å². The first-order valence-corrected chi connectivity index (χ1v) is 8.44. The molecular formula is C18H26F2N2O2. The number of alkyl halides is 2. The Morgan fingerprint density at radius 3 is 2.67 bits per heavy atom. The number of hydrogen-bond acceptors (Lipinski definition) is 3. The number of piperidine rings is 1. The Morgan fingerprint density at radius 2 is 2.08 bits per heavy atom. The van der Waals surface area contributed by atoms with Gasteiger partial charge in [0, 0.05) is 20.0 Å². The number of ether oxygens (including phenoxy) is 1. The molecule has 0 saturated carbocycles. The van der Waals surface area contributed by atoms with Crippen molar-refractivity contribution in [3.8, 4) is 5.75 Å². The predicted octanol–water partition coefficient (Wildman–Crippen LogP) is 3.27. The maximum absolute atomic E-state index is 12.4. The van der Waals surface area contributed by atoms with Crippen LogP contribution in [0.25, 0.3) is 0 Å². The number of benzene rings is 1. The van der Waals surface area contributed by atoms with Gasteiger partial charge in [-0.3, -0.25) is 4.79 Å². The van der Waals surface area contributed by atoms with Crippen molar-refractivity contribution in [3.05, 3.63) is 29.8 Å². The summed E-state index contributed by atoms with van der Waals surface area (Å²) in [5, 5.41) is 3.39. The minimum Gasteiger partial charge on any atom is -0.435 e. The highest BCUT2D eigenvalue weighted by molar-refractivity contribution is 5.76. The van der Waals surface area contributed by atoms with E-state index < -0.39 is 6.61 Å². The fourth-order valence-corrected chi connectivity index (χ4v) is 3.10. The van der Waals surface area contributed by atoms with E-state index in [0.29, 0.717) is 24.8 Å². The van der Waals surface area contributed by atoms with Gasteiger partial charge in [-0.25, -0.2) is 0 Å². The average molecular weight is 340 g/mol. The number of carbonyl (C=O) groups excluding carboxylic acids is 1. The summed E-state index contributed by atoms with van der Waals surface area (Å²) in [5.41, 5.74) is 0.888. The van der Waals surface area contributed by atoms with E-state index in [1.807, 2.05) is 0 Å². The van der Waals surface area contributed by atoms with Crippen molar-refractivity contribution in [2.45, 2.75) is 39.3 Å². The van der Waals surface area contributed by atoms with Crippen LogP contribution in [-0.2, 0) is 11.3 Å². The largest absolute Gasteiger partial charge is 0.435 e. The second kappa shape index (κ2) is 8.97. The molecule has 1 aromatic carbocycles. The molecule has 1 saturated heterocycles. The van der Waals surface area contributed by atoms with Crippen LogP contribution in [0.4, 0.5) is 8.78 Å². The van der Waals surface area contributed by atoms with Crippen molar-refractivity contribution in [1.82, 2.24) is 10.2 Å². The molecule has 1 heterocycles. The van der Waals surface area contributed by atoms with E-state index in [1.165, 1.54) is 25.0 Å². The second-order valence-corrected chi connectivity index (χ2v) is 6.56. The summed E-state index contributed by atoms with van der Waals surface area (Å²) in [6.07, 6.45) is 2.89. The third kappa shape index (κ3) is 5.74. The molecule has 1 aromatic rings. The molecule has 1 amide bonds. The number of hydrogen-bond donors (Lipinski definition) is 1. The number of carbonyl (C=O) groups is 1. The van der Waals surface area contributed by atoms with E-state index in [0.717, 1.165) is 18.7 Å². The maximum Gasteiger partial charge on any atom is 0.387 e. The summed E-state index contributed by atoms with van der Waals surface area (Å²) in [6.45, 7) is 1.84. The van der Waals surface area contributed by atoms with E-state index in [2.05, 4.69) is 17.0 Å². The normalized spacial score (nSPS) is 19.1. The lowest BCUT2D eigenvalue weighted by molar-refractivity contribution is -0.131. The fourth-order valence-electron chi connectivity index (χ4n) is 3.10. The average Bonchev–Trinajstić information content (AvgIpc) is 2.56. The van der Waals surface area contributed by atoms with Gasteiger partial charge in [-0.2, -0.15) is 8.78 Å². The molecule has 1 N–H and O–H groups in total. The Hall–Kier alpha value is -1.69. The van der Waals surface area contributed by atoms with Crippen LogP contribution in [0.5, 0.6) is 5.75 Å². The van der Waals surface area contributed by atoms with E-state index in [-0.39, 0.29) is 11.7 Å². The maximum atomic E-state index is 12.4. The van der Waals surface area contributed by atoms with Gasteiger partial charge in [0.15, 0.2) is 0 Å². The van der Waals surface area contributed by atoms with Gasteiger partial charge >= 0.3 is 6.61 Å². The molecule has 0 radical (unpaired) electrons. The van der Waals surface area contributed by atoms with Crippen molar-refractivity contribution >= 4 is 5.91 Å². The van der Waals surface area contributed by atoms with Gasteiger partial charge in [-0.15, -0.1) is 0 Å². The molecule has 0 spiro atoms. The molecule has 134 valence electrons. The zero-order valence-corrected chi connectivity index (χ0v) is 14.3. The van der Waals surface area contributed by atoms with Gasteiger partial charge in [0.2, 0.25) is 5.91 Å². The molecule has 24 heavy (non-hydrogen) atoms.